The summed E-state index contributed by atoms with van der Waals surface area (Å²) < 4.78 is 9.12. The Morgan fingerprint density at radius 2 is 1.84 bits per heavy atom. The summed E-state index contributed by atoms with van der Waals surface area (Å²) in [5, 5.41) is 7.88. The normalized spacial score (nSPS) is 17.4. The number of benzene rings is 2. The molecule has 1 fully saturated rings. The molecule has 194 valence electrons. The van der Waals surface area contributed by atoms with E-state index in [4.69, 9.17) is 4.74 Å². The first-order valence-corrected chi connectivity index (χ1v) is 13.2. The number of nitrogens with zero attached hydrogens (tertiary/aromatic N) is 4. The number of amides is 2. The Hall–Kier alpha value is -4.33. The predicted molar refractivity (Wildman–Crippen MR) is 144 cm³/mol. The van der Waals surface area contributed by atoms with E-state index in [9.17, 15) is 9.59 Å². The zero-order valence-electron chi connectivity index (χ0n) is 21.4. The van der Waals surface area contributed by atoms with Crippen molar-refractivity contribution in [2.45, 2.75) is 50.7 Å². The molecular weight excluding hydrogens is 478 g/mol. The summed E-state index contributed by atoms with van der Waals surface area (Å²) in [5.41, 5.74) is 2.89. The fraction of sp³-hybridized carbons (Fsp3) is 0.300. The maximum atomic E-state index is 14.3. The minimum Gasteiger partial charge on any atom is -0.497 e. The van der Waals surface area contributed by atoms with Gasteiger partial charge in [0.05, 0.1) is 24.7 Å². The summed E-state index contributed by atoms with van der Waals surface area (Å²) >= 11 is 0. The third-order valence-corrected chi connectivity index (χ3v) is 7.52. The van der Waals surface area contributed by atoms with Gasteiger partial charge in [-0.2, -0.15) is 5.10 Å². The van der Waals surface area contributed by atoms with Crippen LogP contribution in [-0.4, -0.2) is 44.2 Å². The van der Waals surface area contributed by atoms with Crippen molar-refractivity contribution in [3.05, 3.63) is 95.9 Å². The fourth-order valence-corrected chi connectivity index (χ4v) is 5.66. The van der Waals surface area contributed by atoms with Crippen LogP contribution in [0.5, 0.6) is 5.75 Å². The molecular formula is C30H31N5O3. The van der Waals surface area contributed by atoms with Gasteiger partial charge >= 0.3 is 0 Å². The van der Waals surface area contributed by atoms with Gasteiger partial charge in [-0.05, 0) is 54.8 Å². The quantitative estimate of drug-likeness (QED) is 0.404. The van der Waals surface area contributed by atoms with E-state index in [1.54, 1.807) is 22.9 Å². The SMILES string of the molecule is COc1cccc(CN2C(=O)c3cnn(-c4ccccc4)c3-n3cccc3C2C(=O)NC2CCCCC2)c1. The molecule has 0 saturated heterocycles. The van der Waals surface area contributed by atoms with Gasteiger partial charge in [-0.1, -0.05) is 49.6 Å². The predicted octanol–water partition coefficient (Wildman–Crippen LogP) is 4.82. The van der Waals surface area contributed by atoms with Crippen LogP contribution in [0.1, 0.15) is 59.8 Å². The largest absolute Gasteiger partial charge is 0.497 e. The van der Waals surface area contributed by atoms with Gasteiger partial charge in [0.25, 0.3) is 5.91 Å². The van der Waals surface area contributed by atoms with Gasteiger partial charge < -0.3 is 19.5 Å². The highest BCUT2D eigenvalue weighted by Crippen LogP contribution is 2.35. The lowest BCUT2D eigenvalue weighted by Gasteiger charge is -2.32. The first kappa shape index (κ1) is 24.0. The third-order valence-electron chi connectivity index (χ3n) is 7.52. The second kappa shape index (κ2) is 10.2. The van der Waals surface area contributed by atoms with E-state index in [-0.39, 0.29) is 24.4 Å². The van der Waals surface area contributed by atoms with Gasteiger partial charge in [0.15, 0.2) is 11.9 Å². The maximum Gasteiger partial charge on any atom is 0.260 e. The number of para-hydroxylation sites is 1. The zero-order chi connectivity index (χ0) is 26.1. The van der Waals surface area contributed by atoms with Crippen LogP contribution < -0.4 is 10.1 Å². The lowest BCUT2D eigenvalue weighted by Crippen LogP contribution is -2.46. The molecule has 6 rings (SSSR count). The van der Waals surface area contributed by atoms with Crippen molar-refractivity contribution in [3.63, 3.8) is 0 Å². The summed E-state index contributed by atoms with van der Waals surface area (Å²) in [6.07, 6.45) is 8.85. The maximum absolute atomic E-state index is 14.3. The molecule has 8 heteroatoms. The van der Waals surface area contributed by atoms with Crippen LogP contribution in [0.4, 0.5) is 0 Å². The van der Waals surface area contributed by atoms with Crippen molar-refractivity contribution in [2.75, 3.05) is 7.11 Å². The number of carbonyl (C=O) groups excluding carboxylic acids is 2. The summed E-state index contributed by atoms with van der Waals surface area (Å²) in [6, 6.07) is 20.5. The van der Waals surface area contributed by atoms with Crippen LogP contribution in [0, 0.1) is 0 Å². The highest BCUT2D eigenvalue weighted by Gasteiger charge is 2.40. The van der Waals surface area contributed by atoms with Crippen molar-refractivity contribution in [1.29, 1.82) is 0 Å². The molecule has 8 nitrogen and oxygen atoms in total. The molecule has 1 aliphatic heterocycles. The van der Waals surface area contributed by atoms with Crippen LogP contribution in [0.25, 0.3) is 11.5 Å². The lowest BCUT2D eigenvalue weighted by atomic mass is 9.95. The van der Waals surface area contributed by atoms with E-state index in [2.05, 4.69) is 10.4 Å². The van der Waals surface area contributed by atoms with Gasteiger partial charge in [0, 0.05) is 18.8 Å². The van der Waals surface area contributed by atoms with Gasteiger partial charge in [0.1, 0.15) is 11.3 Å². The molecule has 2 amide bonds. The molecule has 2 aliphatic rings. The monoisotopic (exact) mass is 509 g/mol. The number of fused-ring (bicyclic) bond motifs is 3. The Morgan fingerprint density at radius 1 is 1.03 bits per heavy atom. The van der Waals surface area contributed by atoms with E-state index in [1.165, 1.54) is 6.42 Å². The average molecular weight is 510 g/mol. The number of carbonyl (C=O) groups is 2. The van der Waals surface area contributed by atoms with Gasteiger partial charge in [-0.3, -0.25) is 9.59 Å². The summed E-state index contributed by atoms with van der Waals surface area (Å²) in [5.74, 6) is 0.939. The second-order valence-electron chi connectivity index (χ2n) is 9.96. The third kappa shape index (κ3) is 4.36. The van der Waals surface area contributed by atoms with Crippen molar-refractivity contribution in [1.82, 2.24) is 24.6 Å². The van der Waals surface area contributed by atoms with Gasteiger partial charge in [0.2, 0.25) is 5.91 Å². The van der Waals surface area contributed by atoms with E-state index in [0.29, 0.717) is 17.1 Å². The number of nitrogens with one attached hydrogen (secondary N) is 1. The summed E-state index contributed by atoms with van der Waals surface area (Å²) in [4.78, 5) is 29.9. The van der Waals surface area contributed by atoms with E-state index >= 15 is 0 Å². The number of ether oxygens (including phenoxy) is 1. The molecule has 1 aliphatic carbocycles. The average Bonchev–Trinajstić information content (AvgIpc) is 3.59. The Kier molecular flexibility index (Phi) is 6.45. The molecule has 0 spiro atoms. The molecule has 2 aromatic heterocycles. The molecule has 38 heavy (non-hydrogen) atoms. The number of rotatable bonds is 6. The highest BCUT2D eigenvalue weighted by atomic mass is 16.5. The number of hydrogen-bond acceptors (Lipinski definition) is 4. The van der Waals surface area contributed by atoms with Crippen molar-refractivity contribution < 1.29 is 14.3 Å². The van der Waals surface area contributed by atoms with Crippen LogP contribution in [0.15, 0.2) is 79.1 Å². The molecule has 1 N–H and O–H groups in total. The summed E-state index contributed by atoms with van der Waals surface area (Å²) in [6.45, 7) is 0.250. The van der Waals surface area contributed by atoms with E-state index < -0.39 is 6.04 Å². The molecule has 4 aromatic rings. The topological polar surface area (TPSA) is 81.4 Å². The molecule has 2 aromatic carbocycles. The number of aromatic nitrogens is 3. The molecule has 1 atom stereocenters. The van der Waals surface area contributed by atoms with E-state index in [0.717, 1.165) is 42.6 Å². The summed E-state index contributed by atoms with van der Waals surface area (Å²) in [7, 11) is 1.62. The van der Waals surface area contributed by atoms with Crippen LogP contribution >= 0.6 is 0 Å². The Balaban J connectivity index is 1.47. The van der Waals surface area contributed by atoms with Crippen molar-refractivity contribution in [3.8, 4) is 17.3 Å². The van der Waals surface area contributed by atoms with Gasteiger partial charge in [-0.25, -0.2) is 4.68 Å². The van der Waals surface area contributed by atoms with Crippen molar-refractivity contribution >= 4 is 11.8 Å². The molecule has 0 radical (unpaired) electrons. The number of methoxy groups -OCH3 is 1. The van der Waals surface area contributed by atoms with Crippen molar-refractivity contribution in [2.24, 2.45) is 0 Å². The first-order chi connectivity index (χ1) is 18.6. The molecule has 3 heterocycles. The Morgan fingerprint density at radius 3 is 2.63 bits per heavy atom. The second-order valence-corrected chi connectivity index (χ2v) is 9.96. The van der Waals surface area contributed by atoms with E-state index in [1.807, 2.05) is 77.5 Å². The minimum atomic E-state index is -0.803. The molecule has 1 unspecified atom stereocenters. The fourth-order valence-electron chi connectivity index (χ4n) is 5.66. The zero-order valence-corrected chi connectivity index (χ0v) is 21.4. The molecule has 0 bridgehead atoms. The minimum absolute atomic E-state index is 0.124. The standard InChI is InChI=1S/C30H31N5O3/c1-38-24-15-8-10-21(18-24)20-34-27(28(36)32-22-11-4-2-5-12-22)26-16-9-17-33(26)29-25(30(34)37)19-31-35(29)23-13-6-3-7-14-23/h3,6-10,13-19,22,27H,2,4-5,11-12,20H2,1H3,(H,32,36). The lowest BCUT2D eigenvalue weighted by molar-refractivity contribution is -0.127. The molecule has 1 saturated carbocycles. The Bertz CT molecular complexity index is 1450. The van der Waals surface area contributed by atoms with Crippen LogP contribution in [0.2, 0.25) is 0 Å². The highest BCUT2D eigenvalue weighted by molar-refractivity contribution is 6.01. The van der Waals surface area contributed by atoms with Crippen LogP contribution in [-0.2, 0) is 11.3 Å². The van der Waals surface area contributed by atoms with Gasteiger partial charge in [-0.15, -0.1) is 0 Å². The number of hydrogen-bond donors (Lipinski definition) is 1. The van der Waals surface area contributed by atoms with Crippen LogP contribution in [0.3, 0.4) is 0 Å². The smallest absolute Gasteiger partial charge is 0.260 e. The Labute approximate surface area is 221 Å². The first-order valence-electron chi connectivity index (χ1n) is 13.2.